The monoisotopic (exact) mass is 330 g/mol. The number of phenolic OH excluding ortho intramolecular Hbond substituents is 1. The second-order valence-corrected chi connectivity index (χ2v) is 5.94. The first-order valence-electron chi connectivity index (χ1n) is 7.94. The number of hydrogen-bond donors (Lipinski definition) is 2. The van der Waals surface area contributed by atoms with Gasteiger partial charge < -0.3 is 19.6 Å². The zero-order valence-corrected chi connectivity index (χ0v) is 13.2. The van der Waals surface area contributed by atoms with E-state index in [1.54, 1.807) is 18.3 Å². The van der Waals surface area contributed by atoms with E-state index in [1.807, 2.05) is 36.5 Å². The highest BCUT2D eigenvalue weighted by molar-refractivity contribution is 5.96. The summed E-state index contributed by atoms with van der Waals surface area (Å²) >= 11 is 0. The van der Waals surface area contributed by atoms with E-state index in [-0.39, 0.29) is 12.5 Å². The Morgan fingerprint density at radius 3 is 2.76 bits per heavy atom. The van der Waals surface area contributed by atoms with Crippen molar-refractivity contribution in [1.29, 1.82) is 0 Å². The third kappa shape index (κ3) is 2.29. The second-order valence-electron chi connectivity index (χ2n) is 5.94. The maximum atomic E-state index is 9.72. The van der Waals surface area contributed by atoms with E-state index in [9.17, 15) is 5.11 Å². The summed E-state index contributed by atoms with van der Waals surface area (Å²) in [5.74, 6) is 1.76. The van der Waals surface area contributed by atoms with Crippen molar-refractivity contribution in [3.05, 3.63) is 60.9 Å². The molecule has 0 amide bonds. The number of pyridine rings is 1. The minimum atomic E-state index is 0.239. The lowest BCUT2D eigenvalue weighted by Gasteiger charge is -2.05. The lowest BCUT2D eigenvalue weighted by atomic mass is 10.0. The summed E-state index contributed by atoms with van der Waals surface area (Å²) in [6.07, 6.45) is 3.75. The van der Waals surface area contributed by atoms with Crippen molar-refractivity contribution in [3.63, 3.8) is 0 Å². The smallest absolute Gasteiger partial charge is 0.231 e. The first-order valence-corrected chi connectivity index (χ1v) is 7.94. The van der Waals surface area contributed by atoms with Gasteiger partial charge in [-0.05, 0) is 41.5 Å². The van der Waals surface area contributed by atoms with Gasteiger partial charge in [0.1, 0.15) is 11.4 Å². The molecule has 1 aliphatic heterocycles. The van der Waals surface area contributed by atoms with Gasteiger partial charge >= 0.3 is 0 Å². The number of aromatic hydroxyl groups is 1. The van der Waals surface area contributed by atoms with E-state index < -0.39 is 0 Å². The van der Waals surface area contributed by atoms with E-state index in [0.717, 1.165) is 44.8 Å². The van der Waals surface area contributed by atoms with Crippen molar-refractivity contribution in [3.8, 4) is 39.5 Å². The number of ether oxygens (including phenoxy) is 2. The van der Waals surface area contributed by atoms with Gasteiger partial charge in [0, 0.05) is 28.9 Å². The van der Waals surface area contributed by atoms with Gasteiger partial charge in [-0.2, -0.15) is 0 Å². The summed E-state index contributed by atoms with van der Waals surface area (Å²) in [5, 5.41) is 10.7. The molecule has 4 aromatic rings. The molecule has 1 aliphatic rings. The van der Waals surface area contributed by atoms with Crippen LogP contribution < -0.4 is 9.47 Å². The van der Waals surface area contributed by atoms with Gasteiger partial charge in [0.05, 0.1) is 0 Å². The Balaban J connectivity index is 1.66. The number of nitrogens with zero attached hydrogens (tertiary/aromatic N) is 1. The number of aromatic amines is 1. The minimum absolute atomic E-state index is 0.239. The molecule has 25 heavy (non-hydrogen) atoms. The van der Waals surface area contributed by atoms with Crippen LogP contribution in [-0.2, 0) is 0 Å². The van der Waals surface area contributed by atoms with Crippen LogP contribution in [0, 0.1) is 0 Å². The summed E-state index contributed by atoms with van der Waals surface area (Å²) in [5.41, 5.74) is 4.77. The molecule has 2 aromatic heterocycles. The molecule has 0 radical (unpaired) electrons. The molecule has 0 aliphatic carbocycles. The summed E-state index contributed by atoms with van der Waals surface area (Å²) in [6, 6.07) is 15.2. The van der Waals surface area contributed by atoms with Crippen LogP contribution in [0.15, 0.2) is 60.9 Å². The maximum absolute atomic E-state index is 9.72. The number of rotatable bonds is 2. The average molecular weight is 330 g/mol. The van der Waals surface area contributed by atoms with Crippen molar-refractivity contribution in [1.82, 2.24) is 9.97 Å². The number of fused-ring (bicyclic) bond motifs is 2. The number of benzene rings is 2. The van der Waals surface area contributed by atoms with Crippen LogP contribution in [0.2, 0.25) is 0 Å². The standard InChI is InChI=1S/C20H14N2O3/c23-15-3-1-2-12(6-15)14-7-16-17(10-22-20(16)21-9-14)13-4-5-18-19(8-13)25-11-24-18/h1-10,23H,11H2,(H,21,22). The SMILES string of the molecule is Oc1cccc(-c2cnc3[nH]cc(-c4ccc5c(c4)OCO5)c3c2)c1. The highest BCUT2D eigenvalue weighted by atomic mass is 16.7. The molecule has 5 heteroatoms. The zero-order chi connectivity index (χ0) is 16.8. The molecule has 0 fully saturated rings. The quantitative estimate of drug-likeness (QED) is 0.574. The molecule has 0 saturated heterocycles. The van der Waals surface area contributed by atoms with Gasteiger partial charge in [-0.3, -0.25) is 0 Å². The van der Waals surface area contributed by atoms with Crippen molar-refractivity contribution in [2.75, 3.05) is 6.79 Å². The molecule has 0 spiro atoms. The van der Waals surface area contributed by atoms with E-state index >= 15 is 0 Å². The van der Waals surface area contributed by atoms with Gasteiger partial charge in [-0.15, -0.1) is 0 Å². The molecule has 0 bridgehead atoms. The van der Waals surface area contributed by atoms with Gasteiger partial charge in [0.25, 0.3) is 0 Å². The second kappa shape index (κ2) is 5.27. The van der Waals surface area contributed by atoms with Crippen LogP contribution in [0.3, 0.4) is 0 Å². The fourth-order valence-electron chi connectivity index (χ4n) is 3.15. The van der Waals surface area contributed by atoms with Gasteiger partial charge in [-0.1, -0.05) is 18.2 Å². The van der Waals surface area contributed by atoms with E-state index in [1.165, 1.54) is 0 Å². The Morgan fingerprint density at radius 1 is 0.920 bits per heavy atom. The fourth-order valence-corrected chi connectivity index (χ4v) is 3.15. The molecule has 3 heterocycles. The van der Waals surface area contributed by atoms with Crippen molar-refractivity contribution in [2.45, 2.75) is 0 Å². The Hall–Kier alpha value is -3.47. The normalized spacial score (nSPS) is 12.6. The first kappa shape index (κ1) is 13.9. The lowest BCUT2D eigenvalue weighted by Crippen LogP contribution is -1.92. The number of phenols is 1. The molecule has 0 unspecified atom stereocenters. The Bertz CT molecular complexity index is 1100. The molecule has 0 atom stereocenters. The van der Waals surface area contributed by atoms with E-state index in [4.69, 9.17) is 9.47 Å². The minimum Gasteiger partial charge on any atom is -0.508 e. The average Bonchev–Trinajstić information content (AvgIpc) is 3.27. The number of H-pyrrole nitrogens is 1. The predicted octanol–water partition coefficient (Wildman–Crippen LogP) is 4.33. The Kier molecular flexibility index (Phi) is 2.94. The summed E-state index contributed by atoms with van der Waals surface area (Å²) in [4.78, 5) is 7.72. The van der Waals surface area contributed by atoms with Crippen LogP contribution in [0.4, 0.5) is 0 Å². The van der Waals surface area contributed by atoms with Crippen LogP contribution in [-0.4, -0.2) is 21.9 Å². The van der Waals surface area contributed by atoms with E-state index in [0.29, 0.717) is 0 Å². The van der Waals surface area contributed by atoms with Crippen LogP contribution in [0.1, 0.15) is 0 Å². The lowest BCUT2D eigenvalue weighted by molar-refractivity contribution is 0.174. The van der Waals surface area contributed by atoms with Gasteiger partial charge in [0.2, 0.25) is 6.79 Å². The molecular formula is C20H14N2O3. The Morgan fingerprint density at radius 2 is 1.84 bits per heavy atom. The summed E-state index contributed by atoms with van der Waals surface area (Å²) < 4.78 is 10.9. The Labute approximate surface area is 143 Å². The number of nitrogens with one attached hydrogen (secondary N) is 1. The van der Waals surface area contributed by atoms with Crippen molar-refractivity contribution >= 4 is 11.0 Å². The number of aromatic nitrogens is 2. The maximum Gasteiger partial charge on any atom is 0.231 e. The largest absolute Gasteiger partial charge is 0.508 e. The van der Waals surface area contributed by atoms with Gasteiger partial charge in [0.15, 0.2) is 11.5 Å². The highest BCUT2D eigenvalue weighted by Gasteiger charge is 2.16. The molecule has 122 valence electrons. The molecule has 2 aromatic carbocycles. The first-order chi connectivity index (χ1) is 12.3. The molecular weight excluding hydrogens is 316 g/mol. The highest BCUT2D eigenvalue weighted by Crippen LogP contribution is 2.38. The topological polar surface area (TPSA) is 67.4 Å². The third-order valence-electron chi connectivity index (χ3n) is 4.39. The zero-order valence-electron chi connectivity index (χ0n) is 13.2. The van der Waals surface area contributed by atoms with E-state index in [2.05, 4.69) is 16.0 Å². The van der Waals surface area contributed by atoms with Crippen LogP contribution in [0.5, 0.6) is 17.2 Å². The van der Waals surface area contributed by atoms with Crippen LogP contribution >= 0.6 is 0 Å². The summed E-state index contributed by atoms with van der Waals surface area (Å²) in [6.45, 7) is 0.260. The molecule has 2 N–H and O–H groups in total. The third-order valence-corrected chi connectivity index (χ3v) is 4.39. The molecule has 5 nitrogen and oxygen atoms in total. The number of hydrogen-bond acceptors (Lipinski definition) is 4. The van der Waals surface area contributed by atoms with Crippen LogP contribution in [0.25, 0.3) is 33.3 Å². The van der Waals surface area contributed by atoms with Gasteiger partial charge in [-0.25, -0.2) is 4.98 Å². The fraction of sp³-hybridized carbons (Fsp3) is 0.0500. The summed E-state index contributed by atoms with van der Waals surface area (Å²) in [7, 11) is 0. The van der Waals surface area contributed by atoms with Crippen molar-refractivity contribution < 1.29 is 14.6 Å². The molecule has 5 rings (SSSR count). The molecule has 0 saturated carbocycles. The predicted molar refractivity (Wildman–Crippen MR) is 94.8 cm³/mol. The van der Waals surface area contributed by atoms with Crippen molar-refractivity contribution in [2.24, 2.45) is 0 Å².